The van der Waals surface area contributed by atoms with Crippen LogP contribution in [0, 0.1) is 0 Å². The predicted octanol–water partition coefficient (Wildman–Crippen LogP) is 3.94. The van der Waals surface area contributed by atoms with Crippen LogP contribution in [0.15, 0.2) is 71.9 Å². The first kappa shape index (κ1) is 21.9. The van der Waals surface area contributed by atoms with Crippen LogP contribution < -0.4 is 14.8 Å². The normalized spacial score (nSPS) is 19.6. The van der Waals surface area contributed by atoms with E-state index in [1.54, 1.807) is 38.5 Å². The van der Waals surface area contributed by atoms with Crippen LogP contribution in [0.2, 0.25) is 0 Å². The van der Waals surface area contributed by atoms with Crippen LogP contribution in [0.25, 0.3) is 11.3 Å². The molecular formula is C27H24N2O5. The number of carbonyl (C=O) groups is 2. The summed E-state index contributed by atoms with van der Waals surface area (Å²) in [6.45, 7) is 0. The lowest BCUT2D eigenvalue weighted by Crippen LogP contribution is -2.29. The van der Waals surface area contributed by atoms with Gasteiger partial charge in [0.2, 0.25) is 0 Å². The van der Waals surface area contributed by atoms with E-state index in [0.717, 1.165) is 11.1 Å². The number of nitrogens with one attached hydrogen (secondary N) is 1. The molecule has 7 nitrogen and oxygen atoms in total. The number of Topliss-reactive ketones (excluding diaryl/α,β-unsaturated/α-hetero) is 1. The highest BCUT2D eigenvalue weighted by atomic mass is 16.5. The first-order valence-electron chi connectivity index (χ1n) is 11.0. The molecule has 0 saturated heterocycles. The Bertz CT molecular complexity index is 1320. The van der Waals surface area contributed by atoms with Gasteiger partial charge in [-0.15, -0.1) is 0 Å². The molecular weight excluding hydrogens is 432 g/mol. The predicted molar refractivity (Wildman–Crippen MR) is 126 cm³/mol. The standard InChI is InChI=1S/C27H24N2O5/c1-33-22-11-8-16(14-23(22)34-2)19-10-9-18-25(28-19)26(31)24-20(29-27(18)32)12-17(13-21(24)30)15-6-4-3-5-7-15/h3-11,14,17,26,31H,12-13H2,1-2H3,(H,29,32). The maximum Gasteiger partial charge on any atom is 0.257 e. The number of benzene rings is 2. The lowest BCUT2D eigenvalue weighted by atomic mass is 9.80. The first-order valence-corrected chi connectivity index (χ1v) is 11.0. The molecule has 2 N–H and O–H groups in total. The molecule has 0 radical (unpaired) electrons. The molecule has 1 aromatic heterocycles. The van der Waals surface area contributed by atoms with Crippen molar-refractivity contribution in [2.45, 2.75) is 24.9 Å². The molecule has 1 aliphatic carbocycles. The van der Waals surface area contributed by atoms with Crippen molar-refractivity contribution in [3.8, 4) is 22.8 Å². The lowest BCUT2D eigenvalue weighted by Gasteiger charge is -2.27. The molecule has 3 aromatic rings. The van der Waals surface area contributed by atoms with Crippen molar-refractivity contribution in [3.05, 3.63) is 88.8 Å². The molecule has 1 amide bonds. The fraction of sp³-hybridized carbons (Fsp3) is 0.222. The number of methoxy groups -OCH3 is 2. The Morgan fingerprint density at radius 2 is 1.71 bits per heavy atom. The van der Waals surface area contributed by atoms with Crippen LogP contribution in [0.5, 0.6) is 11.5 Å². The number of amides is 1. The third-order valence-electron chi connectivity index (χ3n) is 6.42. The van der Waals surface area contributed by atoms with Crippen molar-refractivity contribution in [1.29, 1.82) is 0 Å². The minimum absolute atomic E-state index is 0.0588. The van der Waals surface area contributed by atoms with Gasteiger partial charge in [-0.25, -0.2) is 4.98 Å². The SMILES string of the molecule is COc1ccc(-c2ccc3c(n2)C(O)C2=C(CC(c4ccccc4)CC2=O)NC3=O)cc1OC. The number of fused-ring (bicyclic) bond motifs is 1. The molecule has 0 bridgehead atoms. The molecule has 2 unspecified atom stereocenters. The highest BCUT2D eigenvalue weighted by Gasteiger charge is 2.38. The van der Waals surface area contributed by atoms with Crippen molar-refractivity contribution in [2.24, 2.45) is 0 Å². The van der Waals surface area contributed by atoms with Gasteiger partial charge in [0, 0.05) is 23.3 Å². The second kappa shape index (κ2) is 8.76. The Balaban J connectivity index is 1.54. The molecule has 0 spiro atoms. The average Bonchev–Trinajstić information content (AvgIpc) is 2.97. The summed E-state index contributed by atoms with van der Waals surface area (Å²) in [5.41, 5.74) is 3.40. The molecule has 7 heteroatoms. The minimum atomic E-state index is -1.30. The third-order valence-corrected chi connectivity index (χ3v) is 6.42. The molecule has 2 aromatic carbocycles. The molecule has 2 atom stereocenters. The van der Waals surface area contributed by atoms with E-state index in [0.29, 0.717) is 29.3 Å². The van der Waals surface area contributed by atoms with Crippen LogP contribution in [0.4, 0.5) is 0 Å². The van der Waals surface area contributed by atoms with Crippen LogP contribution in [-0.2, 0) is 4.79 Å². The third kappa shape index (κ3) is 3.74. The second-order valence-electron chi connectivity index (χ2n) is 8.39. The number of pyridine rings is 1. The highest BCUT2D eigenvalue weighted by Crippen LogP contribution is 2.41. The Morgan fingerprint density at radius 3 is 2.44 bits per heavy atom. The number of carbonyl (C=O) groups excluding carboxylic acids is 2. The van der Waals surface area contributed by atoms with Gasteiger partial charge in [0.05, 0.1) is 31.2 Å². The Kier molecular flexibility index (Phi) is 5.63. The van der Waals surface area contributed by atoms with Gasteiger partial charge >= 0.3 is 0 Å². The van der Waals surface area contributed by atoms with E-state index in [1.165, 1.54) is 0 Å². The molecule has 2 heterocycles. The van der Waals surface area contributed by atoms with Gasteiger partial charge in [0.1, 0.15) is 6.10 Å². The molecule has 34 heavy (non-hydrogen) atoms. The van der Waals surface area contributed by atoms with Crippen LogP contribution >= 0.6 is 0 Å². The summed E-state index contributed by atoms with van der Waals surface area (Å²) in [6.07, 6.45) is -0.571. The number of aliphatic hydroxyl groups is 1. The van der Waals surface area contributed by atoms with E-state index in [1.807, 2.05) is 36.4 Å². The number of ketones is 1. The molecule has 1 aliphatic heterocycles. The summed E-state index contributed by atoms with van der Waals surface area (Å²) in [6, 6.07) is 18.4. The highest BCUT2D eigenvalue weighted by molar-refractivity contribution is 6.04. The van der Waals surface area contributed by atoms with Crippen molar-refractivity contribution in [2.75, 3.05) is 14.2 Å². The fourth-order valence-corrected chi connectivity index (χ4v) is 4.70. The molecule has 0 saturated carbocycles. The van der Waals surface area contributed by atoms with Crippen molar-refractivity contribution < 1.29 is 24.2 Å². The maximum atomic E-state index is 13.2. The topological polar surface area (TPSA) is 97.8 Å². The van der Waals surface area contributed by atoms with Crippen molar-refractivity contribution in [1.82, 2.24) is 10.3 Å². The van der Waals surface area contributed by atoms with Crippen molar-refractivity contribution >= 4 is 11.7 Å². The average molecular weight is 456 g/mol. The van der Waals surface area contributed by atoms with Crippen molar-refractivity contribution in [3.63, 3.8) is 0 Å². The number of aliphatic hydroxyl groups excluding tert-OH is 1. The van der Waals surface area contributed by atoms with E-state index >= 15 is 0 Å². The number of aromatic nitrogens is 1. The summed E-state index contributed by atoms with van der Waals surface area (Å²) < 4.78 is 10.7. The summed E-state index contributed by atoms with van der Waals surface area (Å²) >= 11 is 0. The number of ether oxygens (including phenoxy) is 2. The van der Waals surface area contributed by atoms with E-state index in [9.17, 15) is 14.7 Å². The molecule has 0 fully saturated rings. The van der Waals surface area contributed by atoms with Gasteiger partial charge in [-0.3, -0.25) is 9.59 Å². The Morgan fingerprint density at radius 1 is 0.941 bits per heavy atom. The minimum Gasteiger partial charge on any atom is -0.493 e. The Labute approximate surface area is 197 Å². The summed E-state index contributed by atoms with van der Waals surface area (Å²) in [5, 5.41) is 14.1. The molecule has 172 valence electrons. The zero-order valence-electron chi connectivity index (χ0n) is 18.9. The van der Waals surface area contributed by atoms with Gasteiger partial charge in [0.25, 0.3) is 5.91 Å². The molecule has 2 aliphatic rings. The summed E-state index contributed by atoms with van der Waals surface area (Å²) in [4.78, 5) is 30.8. The van der Waals surface area contributed by atoms with Crippen LogP contribution in [-0.4, -0.2) is 36.0 Å². The zero-order valence-corrected chi connectivity index (χ0v) is 18.9. The van der Waals surface area contributed by atoms with E-state index in [4.69, 9.17) is 9.47 Å². The molecule has 5 rings (SSSR count). The Hall–Kier alpha value is -3.97. The number of rotatable bonds is 4. The smallest absolute Gasteiger partial charge is 0.257 e. The lowest BCUT2D eigenvalue weighted by molar-refractivity contribution is -0.117. The second-order valence-corrected chi connectivity index (χ2v) is 8.39. The van der Waals surface area contributed by atoms with E-state index < -0.39 is 6.10 Å². The fourth-order valence-electron chi connectivity index (χ4n) is 4.70. The van der Waals surface area contributed by atoms with Gasteiger partial charge in [-0.1, -0.05) is 30.3 Å². The van der Waals surface area contributed by atoms with Crippen LogP contribution in [0.1, 0.15) is 46.5 Å². The number of hydrogen-bond acceptors (Lipinski definition) is 6. The largest absolute Gasteiger partial charge is 0.493 e. The number of allylic oxidation sites excluding steroid dienone is 1. The van der Waals surface area contributed by atoms with Gasteiger partial charge < -0.3 is 19.9 Å². The van der Waals surface area contributed by atoms with E-state index in [-0.39, 0.29) is 40.9 Å². The number of nitrogens with zero attached hydrogens (tertiary/aromatic N) is 1. The summed E-state index contributed by atoms with van der Waals surface area (Å²) in [5.74, 6) is 0.489. The zero-order chi connectivity index (χ0) is 23.8. The number of hydrogen-bond donors (Lipinski definition) is 2. The maximum absolute atomic E-state index is 13.2. The quantitative estimate of drug-likeness (QED) is 0.617. The van der Waals surface area contributed by atoms with Crippen LogP contribution in [0.3, 0.4) is 0 Å². The van der Waals surface area contributed by atoms with E-state index in [2.05, 4.69) is 10.3 Å². The van der Waals surface area contributed by atoms with Gasteiger partial charge in [-0.2, -0.15) is 0 Å². The van der Waals surface area contributed by atoms with Gasteiger partial charge in [0.15, 0.2) is 17.3 Å². The monoisotopic (exact) mass is 456 g/mol. The summed E-state index contributed by atoms with van der Waals surface area (Å²) in [7, 11) is 3.10. The first-order chi connectivity index (χ1) is 16.5. The van der Waals surface area contributed by atoms with Gasteiger partial charge in [-0.05, 0) is 48.2 Å².